The van der Waals surface area contributed by atoms with E-state index in [9.17, 15) is 0 Å². The number of rotatable bonds is 3. The number of carbonyl (C=O) groups excluding carboxylic acids is 1. The van der Waals surface area contributed by atoms with Gasteiger partial charge in [0.25, 0.3) is 0 Å². The summed E-state index contributed by atoms with van der Waals surface area (Å²) in [6.07, 6.45) is -2.82. The standard InChI is InChI=1S/C4H10O3.CH2O3.Ca/c5-2-1-4(7)3-6;2-1(3)4;/h4-7H,1-3H2;(H2,2,3,4);/q;;+2/p-2. The maximum absolute atomic E-state index is 8.45. The van der Waals surface area contributed by atoms with Crippen molar-refractivity contribution < 1.29 is 30.3 Å². The summed E-state index contributed by atoms with van der Waals surface area (Å²) < 4.78 is 0. The van der Waals surface area contributed by atoms with Crippen molar-refractivity contribution in [3.63, 3.8) is 0 Å². The normalized spacial score (nSPS) is 10.2. The van der Waals surface area contributed by atoms with Crippen LogP contribution in [0.25, 0.3) is 0 Å². The molecule has 0 heterocycles. The van der Waals surface area contributed by atoms with Crippen molar-refractivity contribution in [2.45, 2.75) is 12.5 Å². The zero-order chi connectivity index (χ0) is 9.28. The molecule has 1 atom stereocenters. The van der Waals surface area contributed by atoms with Crippen molar-refractivity contribution in [1.29, 1.82) is 0 Å². The molecule has 6 nitrogen and oxygen atoms in total. The Morgan fingerprint density at radius 3 is 1.75 bits per heavy atom. The fourth-order valence-corrected chi connectivity index (χ4v) is 0.240. The molecule has 0 aromatic heterocycles. The predicted molar refractivity (Wildman–Crippen MR) is 35.9 cm³/mol. The van der Waals surface area contributed by atoms with Gasteiger partial charge in [-0.3, -0.25) is 0 Å². The Hall–Kier alpha value is 0.410. The van der Waals surface area contributed by atoms with Crippen molar-refractivity contribution in [1.82, 2.24) is 0 Å². The van der Waals surface area contributed by atoms with Crippen LogP contribution in [0.5, 0.6) is 0 Å². The van der Waals surface area contributed by atoms with Gasteiger partial charge < -0.3 is 30.3 Å². The van der Waals surface area contributed by atoms with Crippen LogP contribution in [0.1, 0.15) is 6.42 Å². The van der Waals surface area contributed by atoms with E-state index in [1.807, 2.05) is 0 Å². The predicted octanol–water partition coefficient (Wildman–Crippen LogP) is -4.11. The number of carbonyl (C=O) groups is 1. The summed E-state index contributed by atoms with van der Waals surface area (Å²) in [6, 6.07) is 0. The molecule has 0 radical (unpaired) electrons. The maximum Gasteiger partial charge on any atom is 2.00 e. The average Bonchev–Trinajstić information content (AvgIpc) is 1.87. The number of hydrogen-bond acceptors (Lipinski definition) is 6. The number of carboxylic acid groups (broad SMARTS) is 2. The Bertz CT molecular complexity index is 93.9. The van der Waals surface area contributed by atoms with Crippen molar-refractivity contribution in [2.75, 3.05) is 13.2 Å². The maximum atomic E-state index is 8.45. The van der Waals surface area contributed by atoms with E-state index in [2.05, 4.69) is 0 Å². The molecule has 0 spiro atoms. The molecular formula is C5H10CaO6. The zero-order valence-corrected chi connectivity index (χ0v) is 8.68. The molecule has 0 aliphatic heterocycles. The van der Waals surface area contributed by atoms with Crippen LogP contribution in [0.2, 0.25) is 0 Å². The van der Waals surface area contributed by atoms with Crippen LogP contribution in [0, 0.1) is 0 Å². The zero-order valence-electron chi connectivity index (χ0n) is 6.47. The van der Waals surface area contributed by atoms with Gasteiger partial charge in [-0.15, -0.1) is 0 Å². The molecule has 0 aromatic rings. The number of hydrogen-bond donors (Lipinski definition) is 3. The molecule has 0 rings (SSSR count). The monoisotopic (exact) mass is 206 g/mol. The van der Waals surface area contributed by atoms with Gasteiger partial charge in [0.05, 0.1) is 12.7 Å². The van der Waals surface area contributed by atoms with Crippen molar-refractivity contribution >= 4 is 43.9 Å². The third-order valence-corrected chi connectivity index (χ3v) is 0.673. The summed E-state index contributed by atoms with van der Waals surface area (Å²) in [5.74, 6) is 0. The first-order valence-electron chi connectivity index (χ1n) is 2.82. The fourth-order valence-electron chi connectivity index (χ4n) is 0.240. The van der Waals surface area contributed by atoms with Gasteiger partial charge in [0.1, 0.15) is 0 Å². The van der Waals surface area contributed by atoms with Crippen LogP contribution in [-0.4, -0.2) is 78.5 Å². The third kappa shape index (κ3) is 31.5. The van der Waals surface area contributed by atoms with Crippen LogP contribution in [0.3, 0.4) is 0 Å². The minimum absolute atomic E-state index is 0. The molecule has 0 saturated heterocycles. The molecule has 1 unspecified atom stereocenters. The van der Waals surface area contributed by atoms with E-state index >= 15 is 0 Å². The Morgan fingerprint density at radius 1 is 1.33 bits per heavy atom. The van der Waals surface area contributed by atoms with Crippen LogP contribution in [0.4, 0.5) is 4.79 Å². The van der Waals surface area contributed by atoms with E-state index in [1.165, 1.54) is 0 Å². The number of aliphatic hydroxyl groups is 3. The Labute approximate surface area is 99.5 Å². The molecule has 0 saturated carbocycles. The van der Waals surface area contributed by atoms with Gasteiger partial charge in [-0.25, -0.2) is 0 Å². The van der Waals surface area contributed by atoms with Crippen molar-refractivity contribution in [2.24, 2.45) is 0 Å². The molecule has 0 aromatic carbocycles. The van der Waals surface area contributed by atoms with E-state index in [1.54, 1.807) is 0 Å². The van der Waals surface area contributed by atoms with Gasteiger partial charge in [0.15, 0.2) is 0 Å². The summed E-state index contributed by atoms with van der Waals surface area (Å²) >= 11 is 0. The third-order valence-electron chi connectivity index (χ3n) is 0.673. The van der Waals surface area contributed by atoms with Crippen LogP contribution in [0.15, 0.2) is 0 Å². The second kappa shape index (κ2) is 14.0. The first-order valence-corrected chi connectivity index (χ1v) is 2.82. The van der Waals surface area contributed by atoms with E-state index in [0.717, 1.165) is 0 Å². The van der Waals surface area contributed by atoms with E-state index in [4.69, 9.17) is 30.3 Å². The summed E-state index contributed by atoms with van der Waals surface area (Å²) in [7, 11) is 0. The first-order chi connectivity index (χ1) is 5.04. The van der Waals surface area contributed by atoms with E-state index in [-0.39, 0.29) is 57.4 Å². The topological polar surface area (TPSA) is 124 Å². The molecule has 0 fully saturated rings. The summed E-state index contributed by atoms with van der Waals surface area (Å²) in [5, 5.41) is 41.3. The number of aliphatic hydroxyl groups excluding tert-OH is 3. The van der Waals surface area contributed by atoms with Crippen molar-refractivity contribution in [3.05, 3.63) is 0 Å². The first kappa shape index (κ1) is 18.2. The molecule has 3 N–H and O–H groups in total. The average molecular weight is 206 g/mol. The summed E-state index contributed by atoms with van der Waals surface area (Å²) in [4.78, 5) is 8.33. The van der Waals surface area contributed by atoms with Gasteiger partial charge in [0.2, 0.25) is 0 Å². The molecule has 0 amide bonds. The second-order valence-electron chi connectivity index (χ2n) is 1.60. The SMILES string of the molecule is O=C([O-])[O-].OCCC(O)CO.[Ca+2]. The molecule has 0 aliphatic carbocycles. The quantitative estimate of drug-likeness (QED) is 0.403. The molecule has 12 heavy (non-hydrogen) atoms. The van der Waals surface area contributed by atoms with Gasteiger partial charge in [-0.05, 0) is 12.6 Å². The van der Waals surface area contributed by atoms with Gasteiger partial charge >= 0.3 is 37.7 Å². The minimum Gasteiger partial charge on any atom is -0.652 e. The molecular weight excluding hydrogens is 196 g/mol. The Morgan fingerprint density at radius 2 is 1.67 bits per heavy atom. The van der Waals surface area contributed by atoms with Gasteiger partial charge in [-0.2, -0.15) is 0 Å². The van der Waals surface area contributed by atoms with E-state index in [0.29, 0.717) is 0 Å². The van der Waals surface area contributed by atoms with Crippen LogP contribution in [-0.2, 0) is 0 Å². The van der Waals surface area contributed by atoms with Crippen LogP contribution < -0.4 is 10.2 Å². The fraction of sp³-hybridized carbons (Fsp3) is 0.800. The largest absolute Gasteiger partial charge is 2.00 e. The smallest absolute Gasteiger partial charge is 0.652 e. The summed E-state index contributed by atoms with van der Waals surface area (Å²) in [5.41, 5.74) is 0. The summed E-state index contributed by atoms with van der Waals surface area (Å²) in [6.45, 7) is -0.331. The second-order valence-corrected chi connectivity index (χ2v) is 1.60. The van der Waals surface area contributed by atoms with Gasteiger partial charge in [-0.1, -0.05) is 0 Å². The van der Waals surface area contributed by atoms with Gasteiger partial charge in [0, 0.05) is 6.61 Å². The molecule has 0 aliphatic rings. The van der Waals surface area contributed by atoms with Crippen molar-refractivity contribution in [3.8, 4) is 0 Å². The Balaban J connectivity index is -0.000000142. The van der Waals surface area contributed by atoms with E-state index < -0.39 is 12.3 Å². The molecule has 0 bridgehead atoms. The minimum atomic E-state index is -2.33. The molecule has 68 valence electrons. The Kier molecular flexibility index (Phi) is 21.2. The van der Waals surface area contributed by atoms with Crippen LogP contribution >= 0.6 is 0 Å². The molecule has 7 heteroatoms.